The van der Waals surface area contributed by atoms with Gasteiger partial charge in [0.2, 0.25) is 0 Å². The molecule has 1 heterocycles. The Kier molecular flexibility index (Phi) is 4.29. The van der Waals surface area contributed by atoms with E-state index in [1.807, 2.05) is 0 Å². The van der Waals surface area contributed by atoms with Crippen LogP contribution in [0.3, 0.4) is 0 Å². The number of aromatic amines is 1. The summed E-state index contributed by atoms with van der Waals surface area (Å²) in [5.74, 6) is 0.101. The van der Waals surface area contributed by atoms with Crippen LogP contribution >= 0.6 is 0 Å². The number of hydrogen-bond donors (Lipinski definition) is 1. The van der Waals surface area contributed by atoms with Gasteiger partial charge in [0.25, 0.3) is 10.0 Å². The fourth-order valence-corrected chi connectivity index (χ4v) is 2.97. The van der Waals surface area contributed by atoms with E-state index in [2.05, 4.69) is 9.97 Å². The van der Waals surface area contributed by atoms with Crippen molar-refractivity contribution in [3.05, 3.63) is 41.6 Å². The molecule has 0 bridgehead atoms. The lowest BCUT2D eigenvalue weighted by molar-refractivity contribution is 0.385. The second-order valence-corrected chi connectivity index (χ2v) is 6.58. The van der Waals surface area contributed by atoms with Gasteiger partial charge in [-0.1, -0.05) is 6.07 Å². The Hall–Kier alpha value is -1.93. The van der Waals surface area contributed by atoms with Crippen LogP contribution in [0.5, 0.6) is 5.75 Å². The van der Waals surface area contributed by atoms with Gasteiger partial charge in [0, 0.05) is 13.6 Å². The first-order chi connectivity index (χ1) is 9.84. The smallest absolute Gasteiger partial charge is 0.260 e. The molecule has 0 unspecified atom stereocenters. The summed E-state index contributed by atoms with van der Waals surface area (Å²) in [4.78, 5) is 6.55. The van der Waals surface area contributed by atoms with E-state index in [0.717, 1.165) is 4.31 Å². The van der Waals surface area contributed by atoms with E-state index >= 15 is 0 Å². The van der Waals surface area contributed by atoms with E-state index in [-0.39, 0.29) is 17.3 Å². The molecule has 114 valence electrons. The number of aryl methyl sites for hydroxylation is 1. The Balaban J connectivity index is 2.21. The van der Waals surface area contributed by atoms with E-state index < -0.39 is 15.8 Å². The third-order valence-corrected chi connectivity index (χ3v) is 4.70. The number of methoxy groups -OCH3 is 1. The number of rotatable bonds is 5. The van der Waals surface area contributed by atoms with Gasteiger partial charge in [-0.05, 0) is 24.6 Å². The number of sulfonamides is 1. The molecule has 0 aliphatic carbocycles. The van der Waals surface area contributed by atoms with Crippen molar-refractivity contribution in [2.24, 2.45) is 0 Å². The molecule has 21 heavy (non-hydrogen) atoms. The molecule has 2 rings (SSSR count). The Bertz CT molecular complexity index is 743. The highest BCUT2D eigenvalue weighted by atomic mass is 32.2. The predicted molar refractivity (Wildman–Crippen MR) is 74.9 cm³/mol. The lowest BCUT2D eigenvalue weighted by atomic mass is 10.2. The molecule has 0 aliphatic rings. The van der Waals surface area contributed by atoms with Gasteiger partial charge in [0.1, 0.15) is 5.82 Å². The molecule has 1 N–H and O–H groups in total. The van der Waals surface area contributed by atoms with E-state index in [9.17, 15) is 12.8 Å². The van der Waals surface area contributed by atoms with Gasteiger partial charge >= 0.3 is 0 Å². The van der Waals surface area contributed by atoms with Crippen LogP contribution in [0.25, 0.3) is 0 Å². The molecule has 6 nitrogen and oxygen atoms in total. The summed E-state index contributed by atoms with van der Waals surface area (Å²) >= 11 is 0. The van der Waals surface area contributed by atoms with Crippen molar-refractivity contribution >= 4 is 10.0 Å². The van der Waals surface area contributed by atoms with Crippen molar-refractivity contribution in [1.29, 1.82) is 0 Å². The lowest BCUT2D eigenvalue weighted by Gasteiger charge is -2.16. The maximum atomic E-state index is 13.6. The van der Waals surface area contributed by atoms with Gasteiger partial charge in [-0.2, -0.15) is 4.31 Å². The maximum Gasteiger partial charge on any atom is 0.260 e. The average Bonchev–Trinajstić information content (AvgIpc) is 2.86. The molecule has 0 aliphatic heterocycles. The van der Waals surface area contributed by atoms with Crippen LogP contribution in [-0.4, -0.2) is 36.8 Å². The summed E-state index contributed by atoms with van der Waals surface area (Å²) in [6.07, 6.45) is 1.26. The number of imidazole rings is 1. The molecule has 0 spiro atoms. The predicted octanol–water partition coefficient (Wildman–Crippen LogP) is 1.69. The Labute approximate surface area is 122 Å². The first-order valence-corrected chi connectivity index (χ1v) is 7.59. The van der Waals surface area contributed by atoms with Crippen molar-refractivity contribution in [2.75, 3.05) is 14.2 Å². The number of benzene rings is 1. The zero-order valence-corrected chi connectivity index (χ0v) is 12.7. The fourth-order valence-electron chi connectivity index (χ4n) is 1.85. The molecular formula is C13H16FN3O3S. The summed E-state index contributed by atoms with van der Waals surface area (Å²) in [7, 11) is -0.889. The van der Waals surface area contributed by atoms with Crippen LogP contribution in [0.2, 0.25) is 0 Å². The molecule has 2 aromatic rings. The van der Waals surface area contributed by atoms with Crippen LogP contribution in [0.15, 0.2) is 29.4 Å². The molecule has 0 saturated carbocycles. The minimum atomic E-state index is -3.68. The molecule has 0 amide bonds. The second-order valence-electron chi connectivity index (χ2n) is 4.56. The SMILES string of the molecule is COc1ccc(CN(C)S(=O)(=O)c2cnc(C)[nH]2)cc1F. The number of aromatic nitrogens is 2. The van der Waals surface area contributed by atoms with Crippen LogP contribution in [-0.2, 0) is 16.6 Å². The van der Waals surface area contributed by atoms with Gasteiger partial charge < -0.3 is 9.72 Å². The number of H-pyrrole nitrogens is 1. The number of halogens is 1. The zero-order chi connectivity index (χ0) is 15.6. The fraction of sp³-hybridized carbons (Fsp3) is 0.308. The first kappa shape index (κ1) is 15.5. The summed E-state index contributed by atoms with van der Waals surface area (Å²) in [6.45, 7) is 1.71. The molecule has 0 atom stereocenters. The van der Waals surface area contributed by atoms with E-state index in [0.29, 0.717) is 11.4 Å². The molecule has 0 saturated heterocycles. The second kappa shape index (κ2) is 5.82. The Morgan fingerprint density at radius 2 is 2.14 bits per heavy atom. The van der Waals surface area contributed by atoms with Crippen LogP contribution in [0.1, 0.15) is 11.4 Å². The van der Waals surface area contributed by atoms with Crippen molar-refractivity contribution in [3.8, 4) is 5.75 Å². The summed E-state index contributed by atoms with van der Waals surface area (Å²) in [5.41, 5.74) is 0.524. The first-order valence-electron chi connectivity index (χ1n) is 6.15. The monoisotopic (exact) mass is 313 g/mol. The van der Waals surface area contributed by atoms with Crippen LogP contribution < -0.4 is 4.74 Å². The minimum Gasteiger partial charge on any atom is -0.494 e. The zero-order valence-electron chi connectivity index (χ0n) is 11.9. The number of hydrogen-bond acceptors (Lipinski definition) is 4. The number of nitrogens with one attached hydrogen (secondary N) is 1. The summed E-state index contributed by atoms with van der Waals surface area (Å²) in [5, 5.41) is 0.0106. The minimum absolute atomic E-state index is 0.0106. The van der Waals surface area contributed by atoms with E-state index in [4.69, 9.17) is 4.74 Å². The molecule has 1 aromatic heterocycles. The Morgan fingerprint density at radius 1 is 1.43 bits per heavy atom. The maximum absolute atomic E-state index is 13.6. The average molecular weight is 313 g/mol. The van der Waals surface area contributed by atoms with Crippen LogP contribution in [0.4, 0.5) is 4.39 Å². The van der Waals surface area contributed by atoms with Crippen molar-refractivity contribution in [3.63, 3.8) is 0 Å². The standard InChI is InChI=1S/C13H16FN3O3S/c1-9-15-7-13(16-9)21(18,19)17(2)8-10-4-5-12(20-3)11(14)6-10/h4-7H,8H2,1-3H3,(H,15,16). The number of ether oxygens (including phenoxy) is 1. The van der Waals surface area contributed by atoms with Gasteiger partial charge in [-0.15, -0.1) is 0 Å². The highest BCUT2D eigenvalue weighted by Crippen LogP contribution is 2.20. The highest BCUT2D eigenvalue weighted by molar-refractivity contribution is 7.89. The molecule has 1 aromatic carbocycles. The molecule has 0 fully saturated rings. The van der Waals surface area contributed by atoms with Crippen molar-refractivity contribution in [1.82, 2.24) is 14.3 Å². The summed E-state index contributed by atoms with van der Waals surface area (Å²) < 4.78 is 44.2. The largest absolute Gasteiger partial charge is 0.494 e. The lowest BCUT2D eigenvalue weighted by Crippen LogP contribution is -2.26. The van der Waals surface area contributed by atoms with Gasteiger partial charge in [0.05, 0.1) is 13.3 Å². The molecule has 0 radical (unpaired) electrons. The van der Waals surface area contributed by atoms with Crippen molar-refractivity contribution < 1.29 is 17.5 Å². The molecule has 8 heteroatoms. The number of nitrogens with zero attached hydrogens (tertiary/aromatic N) is 2. The quantitative estimate of drug-likeness (QED) is 0.911. The summed E-state index contributed by atoms with van der Waals surface area (Å²) in [6, 6.07) is 4.33. The third kappa shape index (κ3) is 3.22. The Morgan fingerprint density at radius 3 is 2.67 bits per heavy atom. The van der Waals surface area contributed by atoms with E-state index in [1.54, 1.807) is 13.0 Å². The normalized spacial score (nSPS) is 11.9. The van der Waals surface area contributed by atoms with Gasteiger partial charge in [-0.25, -0.2) is 17.8 Å². The van der Waals surface area contributed by atoms with E-state index in [1.165, 1.54) is 32.5 Å². The van der Waals surface area contributed by atoms with Gasteiger partial charge in [0.15, 0.2) is 16.6 Å². The highest BCUT2D eigenvalue weighted by Gasteiger charge is 2.23. The van der Waals surface area contributed by atoms with Crippen molar-refractivity contribution in [2.45, 2.75) is 18.5 Å². The third-order valence-electron chi connectivity index (χ3n) is 2.99. The van der Waals surface area contributed by atoms with Crippen LogP contribution in [0, 0.1) is 12.7 Å². The van der Waals surface area contributed by atoms with Gasteiger partial charge in [-0.3, -0.25) is 0 Å². The topological polar surface area (TPSA) is 75.3 Å². The molecular weight excluding hydrogens is 297 g/mol.